The highest BCUT2D eigenvalue weighted by Crippen LogP contribution is 2.20. The molecule has 6 nitrogen and oxygen atoms in total. The van der Waals surface area contributed by atoms with Crippen LogP contribution in [0.3, 0.4) is 0 Å². The van der Waals surface area contributed by atoms with Crippen LogP contribution in [0.5, 0.6) is 0 Å². The van der Waals surface area contributed by atoms with E-state index < -0.39 is 11.6 Å². The molecule has 1 heterocycles. The number of rotatable bonds is 4. The van der Waals surface area contributed by atoms with Crippen LogP contribution < -0.4 is 5.63 Å². The Morgan fingerprint density at radius 1 is 1.36 bits per heavy atom. The van der Waals surface area contributed by atoms with E-state index in [0.717, 1.165) is 0 Å². The first kappa shape index (κ1) is 15.5. The van der Waals surface area contributed by atoms with E-state index in [1.165, 1.54) is 19.2 Å². The van der Waals surface area contributed by atoms with Crippen molar-refractivity contribution in [1.29, 1.82) is 0 Å². The van der Waals surface area contributed by atoms with Gasteiger partial charge in [0, 0.05) is 17.7 Å². The van der Waals surface area contributed by atoms with Gasteiger partial charge in [0.05, 0.1) is 12.3 Å². The van der Waals surface area contributed by atoms with E-state index >= 15 is 0 Å². The van der Waals surface area contributed by atoms with Gasteiger partial charge in [-0.2, -0.15) is 0 Å². The zero-order valence-electron chi connectivity index (χ0n) is 12.2. The number of ether oxygens (including phenoxy) is 1. The highest BCUT2D eigenvalue weighted by molar-refractivity contribution is 6.10. The number of allylic oxidation sites excluding steroid dienone is 1. The lowest BCUT2D eigenvalue weighted by Gasteiger charge is -2.03. The van der Waals surface area contributed by atoms with Crippen molar-refractivity contribution in [2.24, 2.45) is 4.99 Å². The normalized spacial score (nSPS) is 12.5. The number of hydrogen-bond acceptors (Lipinski definition) is 6. The minimum atomic E-state index is -0.641. The first-order valence-corrected chi connectivity index (χ1v) is 6.66. The molecular weight excluding hydrogens is 286 g/mol. The maximum absolute atomic E-state index is 11.7. The van der Waals surface area contributed by atoms with Crippen LogP contribution in [-0.2, 0) is 9.53 Å². The summed E-state index contributed by atoms with van der Waals surface area (Å²) in [5.74, 6) is -0.813. The predicted octanol–water partition coefficient (Wildman–Crippen LogP) is 2.89. The molecule has 2 rings (SSSR count). The van der Waals surface area contributed by atoms with Gasteiger partial charge in [0.1, 0.15) is 16.9 Å². The first-order chi connectivity index (χ1) is 10.5. The summed E-state index contributed by atoms with van der Waals surface area (Å²) in [6, 6.07) is 7.89. The molecule has 114 valence electrons. The second kappa shape index (κ2) is 6.71. The highest BCUT2D eigenvalue weighted by Gasteiger charge is 2.11. The topological polar surface area (TPSA) is 89.1 Å². The number of aliphatic hydroxyl groups is 1. The van der Waals surface area contributed by atoms with Crippen molar-refractivity contribution < 1.29 is 19.1 Å². The number of aliphatic imine (C=N–C) groups is 1. The number of esters is 1. The number of fused-ring (bicyclic) bond motifs is 1. The van der Waals surface area contributed by atoms with E-state index in [0.29, 0.717) is 16.7 Å². The quantitative estimate of drug-likeness (QED) is 0.308. The Bertz CT molecular complexity index is 813. The fourth-order valence-corrected chi connectivity index (χ4v) is 1.78. The molecule has 1 aromatic carbocycles. The van der Waals surface area contributed by atoms with Crippen LogP contribution in [0.15, 0.2) is 55.9 Å². The van der Waals surface area contributed by atoms with Crippen molar-refractivity contribution in [3.63, 3.8) is 0 Å². The van der Waals surface area contributed by atoms with E-state index in [-0.39, 0.29) is 17.9 Å². The van der Waals surface area contributed by atoms with E-state index in [4.69, 9.17) is 9.15 Å². The van der Waals surface area contributed by atoms with Gasteiger partial charge in [-0.15, -0.1) is 0 Å². The number of aliphatic hydroxyl groups excluding tert-OH is 1. The maximum Gasteiger partial charge on any atom is 0.343 e. The van der Waals surface area contributed by atoms with Gasteiger partial charge in [-0.25, -0.2) is 9.59 Å². The molecule has 0 saturated heterocycles. The smallest absolute Gasteiger partial charge is 0.343 e. The summed E-state index contributed by atoms with van der Waals surface area (Å²) in [5, 5.41) is 10.2. The second-order valence-electron chi connectivity index (χ2n) is 4.45. The minimum Gasteiger partial charge on any atom is -0.512 e. The van der Waals surface area contributed by atoms with E-state index in [9.17, 15) is 14.7 Å². The molecule has 22 heavy (non-hydrogen) atoms. The summed E-state index contributed by atoms with van der Waals surface area (Å²) in [5.41, 5.74) is 0.559. The third-order valence-corrected chi connectivity index (χ3v) is 2.83. The van der Waals surface area contributed by atoms with Gasteiger partial charge >= 0.3 is 11.6 Å². The summed E-state index contributed by atoms with van der Waals surface area (Å²) in [6.45, 7) is 3.27. The van der Waals surface area contributed by atoms with Gasteiger partial charge in [0.25, 0.3) is 0 Å². The van der Waals surface area contributed by atoms with Crippen molar-refractivity contribution in [2.45, 2.75) is 13.8 Å². The summed E-state index contributed by atoms with van der Waals surface area (Å²) < 4.78 is 9.86. The fourth-order valence-electron chi connectivity index (χ4n) is 1.78. The Labute approximate surface area is 126 Å². The SMILES string of the molecule is CCOC(=O)/C(C=Nc1ccc2oc(=O)ccc2c1)=C(\C)O. The molecule has 0 saturated carbocycles. The van der Waals surface area contributed by atoms with E-state index in [1.54, 1.807) is 31.2 Å². The van der Waals surface area contributed by atoms with Crippen molar-refractivity contribution in [3.05, 3.63) is 52.1 Å². The van der Waals surface area contributed by atoms with Crippen LogP contribution in [0.2, 0.25) is 0 Å². The minimum absolute atomic E-state index is 0.0125. The summed E-state index contributed by atoms with van der Waals surface area (Å²) >= 11 is 0. The van der Waals surface area contributed by atoms with Crippen molar-refractivity contribution in [2.75, 3.05) is 6.61 Å². The molecule has 0 aliphatic heterocycles. The average molecular weight is 301 g/mol. The van der Waals surface area contributed by atoms with Crippen molar-refractivity contribution in [3.8, 4) is 0 Å². The zero-order valence-corrected chi connectivity index (χ0v) is 12.2. The first-order valence-electron chi connectivity index (χ1n) is 6.66. The molecule has 0 amide bonds. The largest absolute Gasteiger partial charge is 0.512 e. The summed E-state index contributed by atoms with van der Waals surface area (Å²) in [4.78, 5) is 26.9. The van der Waals surface area contributed by atoms with Crippen LogP contribution in [-0.4, -0.2) is 23.9 Å². The Kier molecular flexibility index (Phi) is 4.73. The molecule has 0 bridgehead atoms. The lowest BCUT2D eigenvalue weighted by molar-refractivity contribution is -0.138. The molecule has 0 unspecified atom stereocenters. The average Bonchev–Trinajstić information content (AvgIpc) is 2.47. The third-order valence-electron chi connectivity index (χ3n) is 2.83. The van der Waals surface area contributed by atoms with Gasteiger partial charge in [-0.05, 0) is 38.1 Å². The molecule has 0 atom stereocenters. The lowest BCUT2D eigenvalue weighted by Crippen LogP contribution is -2.10. The van der Waals surface area contributed by atoms with Gasteiger partial charge in [0.15, 0.2) is 0 Å². The summed E-state index contributed by atoms with van der Waals surface area (Å²) in [7, 11) is 0. The number of nitrogens with zero attached hydrogens (tertiary/aromatic N) is 1. The number of hydrogen-bond donors (Lipinski definition) is 1. The van der Waals surface area contributed by atoms with Gasteiger partial charge in [0.2, 0.25) is 0 Å². The van der Waals surface area contributed by atoms with Crippen molar-refractivity contribution in [1.82, 2.24) is 0 Å². The molecule has 1 aromatic heterocycles. The number of carbonyl (C=O) groups excluding carboxylic acids is 1. The monoisotopic (exact) mass is 301 g/mol. The highest BCUT2D eigenvalue weighted by atomic mass is 16.5. The molecule has 0 radical (unpaired) electrons. The molecule has 0 aliphatic carbocycles. The molecule has 1 N–H and O–H groups in total. The van der Waals surface area contributed by atoms with Gasteiger partial charge in [-0.3, -0.25) is 4.99 Å². The molecule has 6 heteroatoms. The Morgan fingerprint density at radius 3 is 2.82 bits per heavy atom. The second-order valence-corrected chi connectivity index (χ2v) is 4.45. The number of benzene rings is 1. The molecule has 2 aromatic rings. The maximum atomic E-state index is 11.7. The van der Waals surface area contributed by atoms with Crippen LogP contribution >= 0.6 is 0 Å². The number of carbonyl (C=O) groups is 1. The van der Waals surface area contributed by atoms with Crippen LogP contribution in [0.25, 0.3) is 11.0 Å². The van der Waals surface area contributed by atoms with Crippen LogP contribution in [0.1, 0.15) is 13.8 Å². The fraction of sp³-hybridized carbons (Fsp3) is 0.188. The van der Waals surface area contributed by atoms with Crippen LogP contribution in [0, 0.1) is 0 Å². The van der Waals surface area contributed by atoms with Gasteiger partial charge < -0.3 is 14.3 Å². The predicted molar refractivity (Wildman–Crippen MR) is 82.6 cm³/mol. The Hall–Kier alpha value is -2.89. The third kappa shape index (κ3) is 3.60. The summed E-state index contributed by atoms with van der Waals surface area (Å²) in [6.07, 6.45) is 1.24. The Balaban J connectivity index is 2.32. The van der Waals surface area contributed by atoms with Crippen LogP contribution in [0.4, 0.5) is 5.69 Å². The molecule has 0 aliphatic rings. The molecule has 0 fully saturated rings. The van der Waals surface area contributed by atoms with Gasteiger partial charge in [-0.1, -0.05) is 0 Å². The zero-order chi connectivity index (χ0) is 16.1. The van der Waals surface area contributed by atoms with E-state index in [2.05, 4.69) is 4.99 Å². The lowest BCUT2D eigenvalue weighted by atomic mass is 10.2. The molecule has 0 spiro atoms. The standard InChI is InChI=1S/C16H15NO5/c1-3-21-16(20)13(10(2)18)9-17-12-5-6-14-11(8-12)4-7-15(19)22-14/h4-9,18H,3H2,1-2H3/b13-10+,17-9?. The Morgan fingerprint density at radius 2 is 2.14 bits per heavy atom. The van der Waals surface area contributed by atoms with Crippen molar-refractivity contribution >= 4 is 28.8 Å². The van der Waals surface area contributed by atoms with E-state index in [1.807, 2.05) is 0 Å². The molecular formula is C16H15NO5.